The van der Waals surface area contributed by atoms with Crippen LogP contribution in [-0.4, -0.2) is 52.2 Å². The number of piperazine rings is 1. The highest BCUT2D eigenvalue weighted by Crippen LogP contribution is 2.34. The van der Waals surface area contributed by atoms with Crippen molar-refractivity contribution in [2.45, 2.75) is 25.8 Å². The molecule has 6 nitrogen and oxygen atoms in total. The van der Waals surface area contributed by atoms with Crippen molar-refractivity contribution in [1.82, 2.24) is 20.0 Å². The highest BCUT2D eigenvalue weighted by molar-refractivity contribution is 7.13. The molecule has 0 amide bonds. The molecule has 2 aliphatic rings. The molecule has 26 heavy (non-hydrogen) atoms. The molecule has 0 radical (unpaired) electrons. The number of aromatic nitrogens is 3. The number of aryl methyl sites for hydroxylation is 1. The van der Waals surface area contributed by atoms with Gasteiger partial charge in [0.15, 0.2) is 5.76 Å². The van der Waals surface area contributed by atoms with Gasteiger partial charge in [-0.25, -0.2) is 9.97 Å². The van der Waals surface area contributed by atoms with E-state index in [2.05, 4.69) is 37.5 Å². The first-order valence-electron chi connectivity index (χ1n) is 9.11. The van der Waals surface area contributed by atoms with Gasteiger partial charge in [-0.1, -0.05) is 11.2 Å². The SMILES string of the molecule is Cc1cc(-c2cnc(N3CCN4CCCC4C3)nc2-c2cccs2)on1. The molecule has 0 aliphatic carbocycles. The standard InChI is InChI=1S/C19H21N5OS/c1-13-10-16(25-22-13)15-11-20-19(21-18(15)17-5-3-9-26-17)24-8-7-23-6-2-4-14(23)12-24/h3,5,9-11,14H,2,4,6-8,12H2,1H3. The van der Waals surface area contributed by atoms with Gasteiger partial charge in [0.25, 0.3) is 0 Å². The lowest BCUT2D eigenvalue weighted by Gasteiger charge is -2.37. The first-order valence-corrected chi connectivity index (χ1v) is 9.99. The smallest absolute Gasteiger partial charge is 0.226 e. The van der Waals surface area contributed by atoms with Crippen LogP contribution in [0.5, 0.6) is 0 Å². The molecule has 5 rings (SSSR count). The second-order valence-electron chi connectivity index (χ2n) is 7.02. The maximum atomic E-state index is 5.49. The van der Waals surface area contributed by atoms with Crippen LogP contribution in [0.2, 0.25) is 0 Å². The lowest BCUT2D eigenvalue weighted by Crippen LogP contribution is -2.50. The zero-order valence-corrected chi connectivity index (χ0v) is 15.6. The number of anilines is 1. The van der Waals surface area contributed by atoms with Crippen LogP contribution in [0.25, 0.3) is 21.9 Å². The Bertz CT molecular complexity index is 907. The predicted molar refractivity (Wildman–Crippen MR) is 102 cm³/mol. The van der Waals surface area contributed by atoms with Crippen molar-refractivity contribution >= 4 is 17.3 Å². The van der Waals surface area contributed by atoms with Crippen LogP contribution in [0, 0.1) is 6.92 Å². The van der Waals surface area contributed by atoms with E-state index in [-0.39, 0.29) is 0 Å². The van der Waals surface area contributed by atoms with E-state index in [0.29, 0.717) is 6.04 Å². The summed E-state index contributed by atoms with van der Waals surface area (Å²) < 4.78 is 5.49. The zero-order valence-electron chi connectivity index (χ0n) is 14.8. The van der Waals surface area contributed by atoms with Crippen molar-refractivity contribution in [3.8, 4) is 21.9 Å². The van der Waals surface area contributed by atoms with Crippen molar-refractivity contribution in [3.63, 3.8) is 0 Å². The number of hydrogen-bond donors (Lipinski definition) is 0. The Morgan fingerprint density at radius 1 is 1.27 bits per heavy atom. The number of hydrogen-bond acceptors (Lipinski definition) is 7. The predicted octanol–water partition coefficient (Wildman–Crippen LogP) is 3.45. The van der Waals surface area contributed by atoms with Crippen molar-refractivity contribution in [1.29, 1.82) is 0 Å². The molecular weight excluding hydrogens is 346 g/mol. The number of nitrogens with zero attached hydrogens (tertiary/aromatic N) is 5. The summed E-state index contributed by atoms with van der Waals surface area (Å²) in [6.45, 7) is 6.27. The Kier molecular flexibility index (Phi) is 3.98. The fourth-order valence-electron chi connectivity index (χ4n) is 3.97. The molecule has 2 aliphatic heterocycles. The van der Waals surface area contributed by atoms with Gasteiger partial charge < -0.3 is 9.42 Å². The van der Waals surface area contributed by atoms with Crippen LogP contribution in [0.1, 0.15) is 18.5 Å². The molecule has 2 fully saturated rings. The highest BCUT2D eigenvalue weighted by Gasteiger charge is 2.32. The Morgan fingerprint density at radius 3 is 3.04 bits per heavy atom. The van der Waals surface area contributed by atoms with Gasteiger partial charge in [-0.15, -0.1) is 11.3 Å². The number of fused-ring (bicyclic) bond motifs is 1. The Labute approximate surface area is 156 Å². The quantitative estimate of drug-likeness (QED) is 0.707. The average Bonchev–Trinajstić information content (AvgIpc) is 3.42. The molecule has 1 atom stereocenters. The summed E-state index contributed by atoms with van der Waals surface area (Å²) >= 11 is 1.68. The Morgan fingerprint density at radius 2 is 2.23 bits per heavy atom. The monoisotopic (exact) mass is 367 g/mol. The second kappa shape index (κ2) is 6.48. The maximum Gasteiger partial charge on any atom is 0.226 e. The van der Waals surface area contributed by atoms with E-state index in [1.807, 2.05) is 19.2 Å². The molecule has 134 valence electrons. The Hall–Kier alpha value is -2.25. The molecule has 3 aromatic heterocycles. The lowest BCUT2D eigenvalue weighted by molar-refractivity contribution is 0.229. The average molecular weight is 367 g/mol. The zero-order chi connectivity index (χ0) is 17.5. The van der Waals surface area contributed by atoms with Crippen molar-refractivity contribution < 1.29 is 4.52 Å². The minimum Gasteiger partial charge on any atom is -0.356 e. The van der Waals surface area contributed by atoms with Crippen LogP contribution in [0.3, 0.4) is 0 Å². The molecule has 0 aromatic carbocycles. The highest BCUT2D eigenvalue weighted by atomic mass is 32.1. The van der Waals surface area contributed by atoms with Gasteiger partial charge >= 0.3 is 0 Å². The molecule has 0 saturated carbocycles. The first kappa shape index (κ1) is 16.0. The van der Waals surface area contributed by atoms with Gasteiger partial charge in [0, 0.05) is 37.9 Å². The largest absolute Gasteiger partial charge is 0.356 e. The van der Waals surface area contributed by atoms with Crippen LogP contribution < -0.4 is 4.90 Å². The summed E-state index contributed by atoms with van der Waals surface area (Å²) in [6.07, 6.45) is 4.48. The normalized spacial score (nSPS) is 20.5. The van der Waals surface area contributed by atoms with Crippen molar-refractivity contribution in [2.75, 3.05) is 31.1 Å². The molecular formula is C19H21N5OS. The molecule has 1 unspecified atom stereocenters. The van der Waals surface area contributed by atoms with E-state index in [1.54, 1.807) is 11.3 Å². The van der Waals surface area contributed by atoms with E-state index in [0.717, 1.165) is 53.2 Å². The minimum absolute atomic E-state index is 0.647. The summed E-state index contributed by atoms with van der Waals surface area (Å²) in [6, 6.07) is 6.73. The van der Waals surface area contributed by atoms with Crippen molar-refractivity contribution in [3.05, 3.63) is 35.5 Å². The molecule has 3 aromatic rings. The third-order valence-corrected chi connectivity index (χ3v) is 6.17. The molecule has 0 spiro atoms. The third kappa shape index (κ3) is 2.81. The molecule has 0 bridgehead atoms. The summed E-state index contributed by atoms with van der Waals surface area (Å²) in [5.41, 5.74) is 2.69. The fourth-order valence-corrected chi connectivity index (χ4v) is 4.70. The van der Waals surface area contributed by atoms with Gasteiger partial charge in [0.2, 0.25) is 5.95 Å². The summed E-state index contributed by atoms with van der Waals surface area (Å²) in [4.78, 5) is 15.7. The molecule has 2 saturated heterocycles. The van der Waals surface area contributed by atoms with Gasteiger partial charge in [0.05, 0.1) is 21.8 Å². The van der Waals surface area contributed by atoms with Crippen LogP contribution in [-0.2, 0) is 0 Å². The number of thiophene rings is 1. The van der Waals surface area contributed by atoms with Crippen LogP contribution in [0.15, 0.2) is 34.3 Å². The third-order valence-electron chi connectivity index (χ3n) is 5.29. The molecule has 7 heteroatoms. The van der Waals surface area contributed by atoms with E-state index in [4.69, 9.17) is 9.51 Å². The summed E-state index contributed by atoms with van der Waals surface area (Å²) in [5, 5.41) is 6.09. The molecule has 5 heterocycles. The first-order chi connectivity index (χ1) is 12.8. The maximum absolute atomic E-state index is 5.49. The van der Waals surface area contributed by atoms with E-state index >= 15 is 0 Å². The lowest BCUT2D eigenvalue weighted by atomic mass is 10.1. The topological polar surface area (TPSA) is 58.3 Å². The second-order valence-corrected chi connectivity index (χ2v) is 7.97. The van der Waals surface area contributed by atoms with E-state index in [1.165, 1.54) is 19.4 Å². The van der Waals surface area contributed by atoms with Gasteiger partial charge in [-0.05, 0) is 37.8 Å². The van der Waals surface area contributed by atoms with Gasteiger partial charge in [0.1, 0.15) is 0 Å². The Balaban J connectivity index is 1.53. The number of rotatable bonds is 3. The van der Waals surface area contributed by atoms with Crippen molar-refractivity contribution in [2.24, 2.45) is 0 Å². The van der Waals surface area contributed by atoms with Crippen LogP contribution >= 0.6 is 11.3 Å². The van der Waals surface area contributed by atoms with Gasteiger partial charge in [-0.3, -0.25) is 4.90 Å². The van der Waals surface area contributed by atoms with Crippen LogP contribution in [0.4, 0.5) is 5.95 Å². The molecule has 0 N–H and O–H groups in total. The van der Waals surface area contributed by atoms with Gasteiger partial charge in [-0.2, -0.15) is 0 Å². The van der Waals surface area contributed by atoms with E-state index < -0.39 is 0 Å². The summed E-state index contributed by atoms with van der Waals surface area (Å²) in [5.74, 6) is 1.54. The minimum atomic E-state index is 0.647. The fraction of sp³-hybridized carbons (Fsp3) is 0.421. The van der Waals surface area contributed by atoms with E-state index in [9.17, 15) is 0 Å². The summed E-state index contributed by atoms with van der Waals surface area (Å²) in [7, 11) is 0.